The zero-order valence-electron chi connectivity index (χ0n) is 9.91. The smallest absolute Gasteiger partial charge is 0.306 e. The van der Waals surface area contributed by atoms with E-state index < -0.39 is 11.9 Å². The maximum atomic E-state index is 11.6. The molecule has 3 heteroatoms. The van der Waals surface area contributed by atoms with Crippen LogP contribution in [0.5, 0.6) is 0 Å². The van der Waals surface area contributed by atoms with E-state index in [4.69, 9.17) is 5.11 Å². The lowest BCUT2D eigenvalue weighted by Gasteiger charge is -2.12. The summed E-state index contributed by atoms with van der Waals surface area (Å²) in [5.41, 5.74) is 0. The van der Waals surface area contributed by atoms with Crippen molar-refractivity contribution in [2.75, 3.05) is 0 Å². The average molecular weight is 226 g/mol. The molecule has 1 fully saturated rings. The van der Waals surface area contributed by atoms with Crippen molar-refractivity contribution in [1.29, 1.82) is 0 Å². The lowest BCUT2D eigenvalue weighted by atomic mass is 9.92. The molecule has 0 saturated heterocycles. The number of Topliss-reactive ketones (excluding diaryl/α,β-unsaturated/α-hetero) is 1. The molecular formula is C13H22O3. The highest BCUT2D eigenvalue weighted by molar-refractivity contribution is 5.83. The molecule has 1 atom stereocenters. The molecule has 1 N–H and O–H groups in total. The Bertz CT molecular complexity index is 235. The van der Waals surface area contributed by atoms with E-state index in [-0.39, 0.29) is 12.2 Å². The molecule has 0 heterocycles. The van der Waals surface area contributed by atoms with Gasteiger partial charge in [-0.15, -0.1) is 0 Å². The van der Waals surface area contributed by atoms with Gasteiger partial charge in [-0.1, -0.05) is 38.5 Å². The number of carboxylic acids is 1. The number of hydrogen-bond acceptors (Lipinski definition) is 2. The highest BCUT2D eigenvalue weighted by Crippen LogP contribution is 2.19. The predicted octanol–water partition coefficient (Wildman–Crippen LogP) is 3.17. The summed E-state index contributed by atoms with van der Waals surface area (Å²) in [5.74, 6) is -1.11. The van der Waals surface area contributed by atoms with Crippen LogP contribution in [-0.2, 0) is 9.59 Å². The van der Waals surface area contributed by atoms with E-state index in [1.165, 1.54) is 19.3 Å². The quantitative estimate of drug-likeness (QED) is 0.747. The van der Waals surface area contributed by atoms with Gasteiger partial charge in [-0.2, -0.15) is 0 Å². The molecule has 0 radical (unpaired) electrons. The Morgan fingerprint density at radius 1 is 1.00 bits per heavy atom. The molecule has 3 nitrogen and oxygen atoms in total. The highest BCUT2D eigenvalue weighted by Gasteiger charge is 2.20. The fourth-order valence-electron chi connectivity index (χ4n) is 2.29. The van der Waals surface area contributed by atoms with Gasteiger partial charge >= 0.3 is 5.97 Å². The van der Waals surface area contributed by atoms with Crippen molar-refractivity contribution < 1.29 is 14.7 Å². The van der Waals surface area contributed by atoms with Crippen LogP contribution in [0.15, 0.2) is 0 Å². The van der Waals surface area contributed by atoms with Gasteiger partial charge in [0.2, 0.25) is 0 Å². The molecule has 0 aliphatic heterocycles. The minimum Gasteiger partial charge on any atom is -0.481 e. The highest BCUT2D eigenvalue weighted by atomic mass is 16.4. The van der Waals surface area contributed by atoms with Crippen molar-refractivity contribution in [3.05, 3.63) is 0 Å². The first-order valence-electron chi connectivity index (χ1n) is 6.44. The molecule has 92 valence electrons. The van der Waals surface area contributed by atoms with Crippen molar-refractivity contribution >= 4 is 11.8 Å². The Labute approximate surface area is 97.2 Å². The van der Waals surface area contributed by atoms with E-state index in [0.717, 1.165) is 25.7 Å². The number of carbonyl (C=O) groups is 2. The monoisotopic (exact) mass is 226 g/mol. The molecule has 0 aromatic rings. The fraction of sp³-hybridized carbons (Fsp3) is 0.846. The number of ketones is 1. The molecule has 1 saturated carbocycles. The van der Waals surface area contributed by atoms with E-state index in [2.05, 4.69) is 0 Å². The lowest BCUT2D eigenvalue weighted by Crippen LogP contribution is -2.18. The molecule has 0 aromatic heterocycles. The number of aliphatic carboxylic acids is 1. The molecule has 1 aliphatic rings. The van der Waals surface area contributed by atoms with Crippen LogP contribution in [0.25, 0.3) is 0 Å². The Morgan fingerprint density at radius 3 is 2.19 bits per heavy atom. The summed E-state index contributed by atoms with van der Waals surface area (Å²) < 4.78 is 0. The largest absolute Gasteiger partial charge is 0.481 e. The first-order chi connectivity index (χ1) is 7.70. The second-order valence-corrected chi connectivity index (χ2v) is 4.79. The second kappa shape index (κ2) is 7.42. The normalized spacial score (nSPS) is 25.5. The molecule has 1 aliphatic carbocycles. The summed E-state index contributed by atoms with van der Waals surface area (Å²) in [6.45, 7) is 0. The zero-order chi connectivity index (χ0) is 11.8. The average Bonchev–Trinajstić information content (AvgIpc) is 2.22. The molecule has 0 aromatic carbocycles. The maximum absolute atomic E-state index is 11.6. The Hall–Kier alpha value is -0.860. The van der Waals surface area contributed by atoms with Crippen molar-refractivity contribution in [2.45, 2.75) is 64.2 Å². The number of rotatable bonds is 1. The Kier molecular flexibility index (Phi) is 6.12. The minimum atomic E-state index is -0.801. The third kappa shape index (κ3) is 5.29. The molecule has 1 unspecified atom stereocenters. The summed E-state index contributed by atoms with van der Waals surface area (Å²) in [7, 11) is 0. The zero-order valence-corrected chi connectivity index (χ0v) is 9.91. The van der Waals surface area contributed by atoms with E-state index >= 15 is 0 Å². The van der Waals surface area contributed by atoms with Crippen molar-refractivity contribution in [3.63, 3.8) is 0 Å². The van der Waals surface area contributed by atoms with Crippen LogP contribution in [0.1, 0.15) is 64.2 Å². The molecular weight excluding hydrogens is 204 g/mol. The van der Waals surface area contributed by atoms with Gasteiger partial charge < -0.3 is 5.11 Å². The Balaban J connectivity index is 2.44. The van der Waals surface area contributed by atoms with Gasteiger partial charge in [-0.25, -0.2) is 0 Å². The number of carbonyl (C=O) groups excluding carboxylic acids is 1. The first-order valence-corrected chi connectivity index (χ1v) is 6.44. The van der Waals surface area contributed by atoms with E-state index in [9.17, 15) is 9.59 Å². The van der Waals surface area contributed by atoms with E-state index in [1.54, 1.807) is 0 Å². The predicted molar refractivity (Wildman–Crippen MR) is 62.3 cm³/mol. The van der Waals surface area contributed by atoms with Gasteiger partial charge in [0.05, 0.1) is 5.92 Å². The minimum absolute atomic E-state index is 0.132. The summed E-state index contributed by atoms with van der Waals surface area (Å²) >= 11 is 0. The van der Waals surface area contributed by atoms with Gasteiger partial charge in [-0.3, -0.25) is 9.59 Å². The number of hydrogen-bond donors (Lipinski definition) is 1. The summed E-state index contributed by atoms with van der Waals surface area (Å²) in [4.78, 5) is 22.5. The van der Waals surface area contributed by atoms with Gasteiger partial charge in [0.25, 0.3) is 0 Å². The number of carboxylic acid groups (broad SMARTS) is 1. The maximum Gasteiger partial charge on any atom is 0.306 e. The third-order valence-corrected chi connectivity index (χ3v) is 3.33. The molecule has 0 bridgehead atoms. The summed E-state index contributed by atoms with van der Waals surface area (Å²) in [6.07, 6.45) is 9.25. The van der Waals surface area contributed by atoms with E-state index in [0.29, 0.717) is 12.8 Å². The van der Waals surface area contributed by atoms with Gasteiger partial charge in [0.1, 0.15) is 5.78 Å². The van der Waals surface area contributed by atoms with Crippen LogP contribution < -0.4 is 0 Å². The van der Waals surface area contributed by atoms with Crippen molar-refractivity contribution in [3.8, 4) is 0 Å². The van der Waals surface area contributed by atoms with Gasteiger partial charge in [-0.05, 0) is 12.8 Å². The van der Waals surface area contributed by atoms with Crippen LogP contribution >= 0.6 is 0 Å². The van der Waals surface area contributed by atoms with Gasteiger partial charge in [0.15, 0.2) is 0 Å². The summed E-state index contributed by atoms with van der Waals surface area (Å²) in [5, 5.41) is 9.01. The first kappa shape index (κ1) is 13.2. The molecule has 0 spiro atoms. The van der Waals surface area contributed by atoms with E-state index in [1.807, 2.05) is 0 Å². The van der Waals surface area contributed by atoms with Crippen LogP contribution in [0.4, 0.5) is 0 Å². The topological polar surface area (TPSA) is 54.4 Å². The van der Waals surface area contributed by atoms with Crippen LogP contribution in [-0.4, -0.2) is 16.9 Å². The SMILES string of the molecule is O=C1CCCCCCCCCC(C(=O)O)C1. The standard InChI is InChI=1S/C13H22O3/c14-12-9-7-5-3-1-2-4-6-8-11(10-12)13(15)16/h11H,1-10H2,(H,15,16). The van der Waals surface area contributed by atoms with Crippen LogP contribution in [0.2, 0.25) is 0 Å². The molecule has 16 heavy (non-hydrogen) atoms. The molecule has 1 rings (SSSR count). The lowest BCUT2D eigenvalue weighted by molar-refractivity contribution is -0.144. The Morgan fingerprint density at radius 2 is 1.56 bits per heavy atom. The second-order valence-electron chi connectivity index (χ2n) is 4.79. The van der Waals surface area contributed by atoms with Crippen molar-refractivity contribution in [2.24, 2.45) is 5.92 Å². The van der Waals surface area contributed by atoms with Crippen LogP contribution in [0.3, 0.4) is 0 Å². The van der Waals surface area contributed by atoms with Crippen LogP contribution in [0, 0.1) is 5.92 Å². The third-order valence-electron chi connectivity index (χ3n) is 3.33. The summed E-state index contributed by atoms with van der Waals surface area (Å²) in [6, 6.07) is 0. The molecule has 0 amide bonds. The van der Waals surface area contributed by atoms with Crippen molar-refractivity contribution in [1.82, 2.24) is 0 Å². The fourth-order valence-corrected chi connectivity index (χ4v) is 2.29. The van der Waals surface area contributed by atoms with Gasteiger partial charge in [0, 0.05) is 12.8 Å².